The minimum atomic E-state index is -0.295. The molecule has 0 bridgehead atoms. The summed E-state index contributed by atoms with van der Waals surface area (Å²) in [6.07, 6.45) is 1.47. The zero-order valence-electron chi connectivity index (χ0n) is 16.0. The van der Waals surface area contributed by atoms with E-state index in [9.17, 15) is 10.1 Å². The Kier molecular flexibility index (Phi) is 5.88. The molecule has 1 aliphatic heterocycles. The van der Waals surface area contributed by atoms with Crippen LogP contribution in [0.25, 0.3) is 0 Å². The number of carbonyl (C=O) groups excluding carboxylic acids is 1. The van der Waals surface area contributed by atoms with Crippen molar-refractivity contribution in [2.75, 3.05) is 31.6 Å². The molecular formula is C21H22N6O. The van der Waals surface area contributed by atoms with Crippen LogP contribution in [-0.2, 0) is 6.54 Å². The Morgan fingerprint density at radius 3 is 2.64 bits per heavy atom. The van der Waals surface area contributed by atoms with Crippen molar-refractivity contribution >= 4 is 11.6 Å². The SMILES string of the molecule is C[C@@H]1CN(C)CCN1c1cc(C(=O)NCc2ccc(C#N)cc2)ncc1C#N. The molecule has 0 saturated carbocycles. The van der Waals surface area contributed by atoms with Crippen molar-refractivity contribution in [3.8, 4) is 12.1 Å². The van der Waals surface area contributed by atoms with Crippen molar-refractivity contribution < 1.29 is 4.79 Å². The Labute approximate surface area is 164 Å². The van der Waals surface area contributed by atoms with Gasteiger partial charge in [0, 0.05) is 38.4 Å². The third kappa shape index (κ3) is 4.28. The van der Waals surface area contributed by atoms with Crippen LogP contribution in [0.2, 0.25) is 0 Å². The van der Waals surface area contributed by atoms with Crippen LogP contribution in [0.4, 0.5) is 5.69 Å². The van der Waals surface area contributed by atoms with Crippen LogP contribution in [0.5, 0.6) is 0 Å². The topological polar surface area (TPSA) is 96.0 Å². The molecular weight excluding hydrogens is 352 g/mol. The second kappa shape index (κ2) is 8.51. The van der Waals surface area contributed by atoms with Gasteiger partial charge in [-0.2, -0.15) is 10.5 Å². The van der Waals surface area contributed by atoms with Crippen LogP contribution < -0.4 is 10.2 Å². The number of pyridine rings is 1. The van der Waals surface area contributed by atoms with Gasteiger partial charge in [0.15, 0.2) is 0 Å². The predicted molar refractivity (Wildman–Crippen MR) is 106 cm³/mol. The number of nitriles is 2. The fourth-order valence-corrected chi connectivity index (χ4v) is 3.36. The summed E-state index contributed by atoms with van der Waals surface area (Å²) in [5.74, 6) is -0.295. The number of anilines is 1. The Balaban J connectivity index is 1.75. The predicted octanol–water partition coefficient (Wildman–Crippen LogP) is 1.90. The number of nitrogens with zero attached hydrogens (tertiary/aromatic N) is 5. The highest BCUT2D eigenvalue weighted by molar-refractivity contribution is 5.93. The zero-order valence-corrected chi connectivity index (χ0v) is 16.0. The van der Waals surface area contributed by atoms with Gasteiger partial charge < -0.3 is 15.1 Å². The number of likely N-dealkylation sites (N-methyl/N-ethyl adjacent to an activating group) is 1. The smallest absolute Gasteiger partial charge is 0.270 e. The largest absolute Gasteiger partial charge is 0.365 e. The first-order valence-electron chi connectivity index (χ1n) is 9.14. The van der Waals surface area contributed by atoms with Crippen molar-refractivity contribution in [3.05, 3.63) is 58.9 Å². The van der Waals surface area contributed by atoms with Crippen molar-refractivity contribution in [2.45, 2.75) is 19.5 Å². The lowest BCUT2D eigenvalue weighted by Gasteiger charge is -2.40. The number of aromatic nitrogens is 1. The summed E-state index contributed by atoms with van der Waals surface area (Å²) in [4.78, 5) is 21.2. The van der Waals surface area contributed by atoms with Gasteiger partial charge in [-0.05, 0) is 37.7 Å². The van der Waals surface area contributed by atoms with E-state index in [-0.39, 0.29) is 17.6 Å². The maximum absolute atomic E-state index is 12.6. The van der Waals surface area contributed by atoms with E-state index in [1.807, 2.05) is 12.1 Å². The van der Waals surface area contributed by atoms with Gasteiger partial charge in [0.05, 0.1) is 22.9 Å². The summed E-state index contributed by atoms with van der Waals surface area (Å²) >= 11 is 0. The maximum atomic E-state index is 12.6. The second-order valence-corrected chi connectivity index (χ2v) is 6.99. The summed E-state index contributed by atoms with van der Waals surface area (Å²) < 4.78 is 0. The molecule has 1 N–H and O–H groups in total. The molecule has 1 fully saturated rings. The Hall–Kier alpha value is -3.42. The van der Waals surface area contributed by atoms with E-state index in [2.05, 4.69) is 46.2 Å². The van der Waals surface area contributed by atoms with Gasteiger partial charge in [0.1, 0.15) is 11.8 Å². The van der Waals surface area contributed by atoms with Gasteiger partial charge in [-0.1, -0.05) is 12.1 Å². The summed E-state index contributed by atoms with van der Waals surface area (Å²) in [6.45, 7) is 5.04. The average Bonchev–Trinajstić information content (AvgIpc) is 2.72. The molecule has 0 radical (unpaired) electrons. The van der Waals surface area contributed by atoms with Gasteiger partial charge in [0.2, 0.25) is 0 Å². The highest BCUT2D eigenvalue weighted by atomic mass is 16.1. The van der Waals surface area contributed by atoms with Crippen molar-refractivity contribution in [1.82, 2.24) is 15.2 Å². The lowest BCUT2D eigenvalue weighted by atomic mass is 10.1. The fourth-order valence-electron chi connectivity index (χ4n) is 3.36. The van der Waals surface area contributed by atoms with Crippen molar-refractivity contribution in [2.24, 2.45) is 0 Å². The molecule has 1 aromatic carbocycles. The van der Waals surface area contributed by atoms with Crippen molar-refractivity contribution in [1.29, 1.82) is 10.5 Å². The first-order valence-corrected chi connectivity index (χ1v) is 9.14. The summed E-state index contributed by atoms with van der Waals surface area (Å²) in [7, 11) is 2.08. The number of rotatable bonds is 4. The highest BCUT2D eigenvalue weighted by Gasteiger charge is 2.25. The van der Waals surface area contributed by atoms with E-state index in [0.717, 1.165) is 30.9 Å². The number of carbonyl (C=O) groups is 1. The first kappa shape index (κ1) is 19.3. The number of amides is 1. The Bertz CT molecular complexity index is 941. The molecule has 0 aliphatic carbocycles. The molecule has 1 aromatic heterocycles. The van der Waals surface area contributed by atoms with Gasteiger partial charge in [-0.15, -0.1) is 0 Å². The fraction of sp³-hybridized carbons (Fsp3) is 0.333. The number of hydrogen-bond acceptors (Lipinski definition) is 6. The van der Waals surface area contributed by atoms with Crippen LogP contribution in [0.3, 0.4) is 0 Å². The van der Waals surface area contributed by atoms with Crippen LogP contribution >= 0.6 is 0 Å². The molecule has 1 amide bonds. The molecule has 3 rings (SSSR count). The van der Waals surface area contributed by atoms with Crippen LogP contribution in [-0.4, -0.2) is 48.5 Å². The van der Waals surface area contributed by atoms with Gasteiger partial charge in [-0.25, -0.2) is 4.98 Å². The second-order valence-electron chi connectivity index (χ2n) is 6.99. The van der Waals surface area contributed by atoms with E-state index in [0.29, 0.717) is 17.7 Å². The molecule has 2 aromatic rings. The molecule has 1 saturated heterocycles. The number of piperazine rings is 1. The standard InChI is InChI=1S/C21H22N6O/c1-15-14-26(2)7-8-27(15)20-9-19(24-13-18(20)11-23)21(28)25-12-17-5-3-16(10-22)4-6-17/h3-6,9,13,15H,7-8,12,14H2,1-2H3,(H,25,28)/t15-/m1/s1. The molecule has 142 valence electrons. The maximum Gasteiger partial charge on any atom is 0.270 e. The highest BCUT2D eigenvalue weighted by Crippen LogP contribution is 2.24. The summed E-state index contributed by atoms with van der Waals surface area (Å²) in [6, 6.07) is 13.2. The number of nitrogens with one attached hydrogen (secondary N) is 1. The normalized spacial score (nSPS) is 16.9. The summed E-state index contributed by atoms with van der Waals surface area (Å²) in [5.41, 5.74) is 2.99. The lowest BCUT2D eigenvalue weighted by molar-refractivity contribution is 0.0946. The Morgan fingerprint density at radius 1 is 1.25 bits per heavy atom. The minimum Gasteiger partial charge on any atom is -0.365 e. The van der Waals surface area contributed by atoms with Crippen LogP contribution in [0.1, 0.15) is 34.1 Å². The van der Waals surface area contributed by atoms with E-state index in [4.69, 9.17) is 5.26 Å². The van der Waals surface area contributed by atoms with E-state index >= 15 is 0 Å². The average molecular weight is 374 g/mol. The third-order valence-corrected chi connectivity index (χ3v) is 4.91. The van der Waals surface area contributed by atoms with Crippen LogP contribution in [0.15, 0.2) is 36.5 Å². The molecule has 0 spiro atoms. The van der Waals surface area contributed by atoms with E-state index in [1.54, 1.807) is 18.2 Å². The van der Waals surface area contributed by atoms with Gasteiger partial charge >= 0.3 is 0 Å². The molecule has 28 heavy (non-hydrogen) atoms. The lowest BCUT2D eigenvalue weighted by Crippen LogP contribution is -2.50. The van der Waals surface area contributed by atoms with Gasteiger partial charge in [0.25, 0.3) is 5.91 Å². The molecule has 1 aliphatic rings. The molecule has 2 heterocycles. The van der Waals surface area contributed by atoms with Crippen LogP contribution in [0, 0.1) is 22.7 Å². The Morgan fingerprint density at radius 2 is 2.00 bits per heavy atom. The third-order valence-electron chi connectivity index (χ3n) is 4.91. The number of hydrogen-bond donors (Lipinski definition) is 1. The first-order chi connectivity index (χ1) is 13.5. The summed E-state index contributed by atoms with van der Waals surface area (Å²) in [5, 5.41) is 21.2. The van der Waals surface area contributed by atoms with E-state index < -0.39 is 0 Å². The zero-order chi connectivity index (χ0) is 20.1. The molecule has 1 atom stereocenters. The quantitative estimate of drug-likeness (QED) is 0.878. The molecule has 7 heteroatoms. The van der Waals surface area contributed by atoms with Gasteiger partial charge in [-0.3, -0.25) is 4.79 Å². The monoisotopic (exact) mass is 374 g/mol. The molecule has 0 unspecified atom stereocenters. The van der Waals surface area contributed by atoms with Crippen molar-refractivity contribution in [3.63, 3.8) is 0 Å². The number of benzene rings is 1. The molecule has 7 nitrogen and oxygen atoms in total. The van der Waals surface area contributed by atoms with E-state index in [1.165, 1.54) is 6.20 Å². The minimum absolute atomic E-state index is 0.239.